The molecule has 1 aromatic carbocycles. The molecule has 0 spiro atoms. The summed E-state index contributed by atoms with van der Waals surface area (Å²) in [6.45, 7) is -0.182. The normalized spacial score (nSPS) is 11.4. The molecule has 0 bridgehead atoms. The maximum atomic E-state index is 12.5. The summed E-state index contributed by atoms with van der Waals surface area (Å²) in [6.07, 6.45) is -4.59. The molecule has 0 aliphatic rings. The van der Waals surface area contributed by atoms with Gasteiger partial charge in [0.15, 0.2) is 5.69 Å². The Balaban J connectivity index is 2.25. The number of nitrogens with two attached hydrogens (primary N) is 1. The summed E-state index contributed by atoms with van der Waals surface area (Å²) in [5.41, 5.74) is 6.86. The summed E-state index contributed by atoms with van der Waals surface area (Å²) in [4.78, 5) is 12.6. The highest BCUT2D eigenvalue weighted by molar-refractivity contribution is 5.99. The zero-order valence-corrected chi connectivity index (χ0v) is 10.2. The molecule has 3 N–H and O–H groups in total. The van der Waals surface area contributed by atoms with Crippen molar-refractivity contribution in [1.82, 2.24) is 9.89 Å². The maximum absolute atomic E-state index is 12.5. The Hall–Kier alpha value is -2.35. The van der Waals surface area contributed by atoms with Crippen LogP contribution in [-0.2, 0) is 12.7 Å². The second-order valence-electron chi connectivity index (χ2n) is 3.94. The van der Waals surface area contributed by atoms with Crippen LogP contribution in [0.3, 0.4) is 0 Å². The van der Waals surface area contributed by atoms with Gasteiger partial charge >= 0.3 is 6.18 Å². The van der Waals surface area contributed by atoms with Crippen LogP contribution in [0.15, 0.2) is 36.4 Å². The average molecular weight is 284 g/mol. The van der Waals surface area contributed by atoms with Gasteiger partial charge in [-0.05, 0) is 18.2 Å². The Labute approximate surface area is 112 Å². The Morgan fingerprint density at radius 3 is 2.50 bits per heavy atom. The lowest BCUT2D eigenvalue weighted by molar-refractivity contribution is -0.141. The third-order valence-electron chi connectivity index (χ3n) is 2.53. The van der Waals surface area contributed by atoms with Gasteiger partial charge in [-0.25, -0.2) is 5.43 Å². The Kier molecular flexibility index (Phi) is 3.75. The first-order valence-corrected chi connectivity index (χ1v) is 5.64. The number of amides is 1. The number of carbonyl (C=O) groups is 1. The summed E-state index contributed by atoms with van der Waals surface area (Å²) >= 11 is 0. The van der Waals surface area contributed by atoms with Crippen LogP contribution in [-0.4, -0.2) is 15.8 Å². The van der Waals surface area contributed by atoms with Gasteiger partial charge < -0.3 is 5.73 Å². The molecule has 8 heteroatoms. The molecule has 0 unspecified atom stereocenters. The zero-order valence-electron chi connectivity index (χ0n) is 10.2. The van der Waals surface area contributed by atoms with Crippen molar-refractivity contribution in [2.75, 3.05) is 5.43 Å². The molecule has 0 fully saturated rings. The molecule has 0 radical (unpaired) electrons. The van der Waals surface area contributed by atoms with Crippen LogP contribution in [0.2, 0.25) is 0 Å². The number of hydrogen-bond acceptors (Lipinski definition) is 3. The highest BCUT2D eigenvalue weighted by Crippen LogP contribution is 2.28. The number of benzene rings is 1. The number of alkyl halides is 3. The van der Waals surface area contributed by atoms with E-state index in [9.17, 15) is 18.0 Å². The Morgan fingerprint density at radius 2 is 1.95 bits per heavy atom. The first-order chi connectivity index (χ1) is 9.41. The maximum Gasteiger partial charge on any atom is 0.435 e. The fraction of sp³-hybridized carbons (Fsp3) is 0.167. The predicted octanol–water partition coefficient (Wildman–Crippen LogP) is 1.74. The summed E-state index contributed by atoms with van der Waals surface area (Å²) in [5, 5.41) is 3.30. The van der Waals surface area contributed by atoms with Crippen LogP contribution in [0, 0.1) is 0 Å². The van der Waals surface area contributed by atoms with Crippen molar-refractivity contribution < 1.29 is 18.0 Å². The molecule has 1 heterocycles. The topological polar surface area (TPSA) is 72.9 Å². The monoisotopic (exact) mass is 284 g/mol. The largest absolute Gasteiger partial charge is 0.435 e. The number of halogens is 3. The molecule has 1 amide bonds. The molecule has 0 aliphatic heterocycles. The van der Waals surface area contributed by atoms with E-state index in [0.29, 0.717) is 5.56 Å². The van der Waals surface area contributed by atoms with E-state index in [1.54, 1.807) is 18.2 Å². The van der Waals surface area contributed by atoms with Crippen molar-refractivity contribution in [1.29, 1.82) is 0 Å². The van der Waals surface area contributed by atoms with Crippen LogP contribution in [0.5, 0.6) is 0 Å². The van der Waals surface area contributed by atoms with Crippen LogP contribution >= 0.6 is 0 Å². The van der Waals surface area contributed by atoms with Crippen LogP contribution in [0.4, 0.5) is 13.2 Å². The first kappa shape index (κ1) is 14.1. The number of nitrogens with one attached hydrogen (secondary N) is 1. The molecule has 5 nitrogen and oxygen atoms in total. The van der Waals surface area contributed by atoms with Crippen molar-refractivity contribution in [2.45, 2.75) is 12.7 Å². The molecule has 0 saturated heterocycles. The van der Waals surface area contributed by atoms with E-state index in [-0.39, 0.29) is 12.2 Å². The quantitative estimate of drug-likeness (QED) is 0.901. The van der Waals surface area contributed by atoms with Gasteiger partial charge in [0.2, 0.25) is 0 Å². The molecule has 1 aromatic heterocycles. The van der Waals surface area contributed by atoms with Gasteiger partial charge in [-0.15, -0.1) is 5.10 Å². The number of carbonyl (C=O) groups excluding carboxylic acids is 1. The Morgan fingerprint density at radius 1 is 1.30 bits per heavy atom. The molecule has 2 rings (SSSR count). The SMILES string of the molecule is NCc1cc(C(F)(F)F)nn1NC(=O)c1ccccc1. The van der Waals surface area contributed by atoms with Gasteiger partial charge in [-0.3, -0.25) is 4.79 Å². The Bertz CT molecular complexity index is 607. The number of aromatic nitrogens is 2. The second-order valence-corrected chi connectivity index (χ2v) is 3.94. The van der Waals surface area contributed by atoms with Crippen molar-refractivity contribution in [3.8, 4) is 0 Å². The third kappa shape index (κ3) is 2.97. The summed E-state index contributed by atoms with van der Waals surface area (Å²) in [5.74, 6) is -0.572. The number of rotatable bonds is 3. The van der Waals surface area contributed by atoms with Crippen molar-refractivity contribution in [2.24, 2.45) is 5.73 Å². The smallest absolute Gasteiger partial charge is 0.325 e. The molecule has 106 valence electrons. The third-order valence-corrected chi connectivity index (χ3v) is 2.53. The van der Waals surface area contributed by atoms with Gasteiger partial charge in [-0.2, -0.15) is 18.0 Å². The predicted molar refractivity (Wildman–Crippen MR) is 65.3 cm³/mol. The second kappa shape index (κ2) is 5.33. The van der Waals surface area contributed by atoms with Gasteiger partial charge in [0, 0.05) is 12.1 Å². The lowest BCUT2D eigenvalue weighted by atomic mass is 10.2. The van der Waals surface area contributed by atoms with E-state index in [1.807, 2.05) is 0 Å². The highest BCUT2D eigenvalue weighted by atomic mass is 19.4. The molecule has 0 atom stereocenters. The van der Waals surface area contributed by atoms with Crippen molar-refractivity contribution >= 4 is 5.91 Å². The van der Waals surface area contributed by atoms with Crippen LogP contribution < -0.4 is 11.2 Å². The van der Waals surface area contributed by atoms with E-state index < -0.39 is 17.8 Å². The highest BCUT2D eigenvalue weighted by Gasteiger charge is 2.35. The van der Waals surface area contributed by atoms with E-state index in [0.717, 1.165) is 10.9 Å². The molecule has 0 saturated carbocycles. The minimum absolute atomic E-state index is 0.0570. The van der Waals surface area contributed by atoms with Gasteiger partial charge in [-0.1, -0.05) is 18.2 Å². The standard InChI is InChI=1S/C12H11F3N4O/c13-12(14,15)10-6-9(7-16)19(17-10)18-11(20)8-4-2-1-3-5-8/h1-6H,7,16H2,(H,18,20). The van der Waals surface area contributed by atoms with Crippen LogP contribution in [0.1, 0.15) is 21.7 Å². The van der Waals surface area contributed by atoms with E-state index >= 15 is 0 Å². The average Bonchev–Trinajstić information content (AvgIpc) is 2.82. The summed E-state index contributed by atoms with van der Waals surface area (Å²) < 4.78 is 37.6. The number of nitrogens with zero attached hydrogens (tertiary/aromatic N) is 2. The molecule has 2 aromatic rings. The number of hydrogen-bond donors (Lipinski definition) is 2. The van der Waals surface area contributed by atoms with Gasteiger partial charge in [0.1, 0.15) is 0 Å². The fourth-order valence-electron chi connectivity index (χ4n) is 1.55. The molecule has 20 heavy (non-hydrogen) atoms. The molecular weight excluding hydrogens is 273 g/mol. The van der Waals surface area contributed by atoms with Crippen molar-refractivity contribution in [3.05, 3.63) is 53.3 Å². The van der Waals surface area contributed by atoms with Crippen LogP contribution in [0.25, 0.3) is 0 Å². The summed E-state index contributed by atoms with van der Waals surface area (Å²) in [6, 6.07) is 8.87. The fourth-order valence-corrected chi connectivity index (χ4v) is 1.55. The minimum atomic E-state index is -4.59. The first-order valence-electron chi connectivity index (χ1n) is 5.64. The van der Waals surface area contributed by atoms with E-state index in [2.05, 4.69) is 10.5 Å². The zero-order chi connectivity index (χ0) is 14.8. The van der Waals surface area contributed by atoms with E-state index in [1.165, 1.54) is 12.1 Å². The van der Waals surface area contributed by atoms with Gasteiger partial charge in [0.05, 0.1) is 5.69 Å². The summed E-state index contributed by atoms with van der Waals surface area (Å²) in [7, 11) is 0. The lowest BCUT2D eigenvalue weighted by Crippen LogP contribution is -2.27. The molecule has 0 aliphatic carbocycles. The van der Waals surface area contributed by atoms with Crippen molar-refractivity contribution in [3.63, 3.8) is 0 Å². The van der Waals surface area contributed by atoms with E-state index in [4.69, 9.17) is 5.73 Å². The minimum Gasteiger partial charge on any atom is -0.325 e. The van der Waals surface area contributed by atoms with Gasteiger partial charge in [0.25, 0.3) is 5.91 Å². The molecular formula is C12H11F3N4O. The lowest BCUT2D eigenvalue weighted by Gasteiger charge is -2.07.